The molecule has 5 atom stereocenters. The molecule has 0 nitrogen and oxygen atoms in total. The van der Waals surface area contributed by atoms with Crippen LogP contribution in [-0.4, -0.2) is 5.38 Å². The molecule has 15 heavy (non-hydrogen) atoms. The highest BCUT2D eigenvalue weighted by atomic mass is 35.5. The van der Waals surface area contributed by atoms with E-state index in [9.17, 15) is 0 Å². The fourth-order valence-electron chi connectivity index (χ4n) is 3.08. The largest absolute Gasteiger partial charge is 0.122 e. The lowest BCUT2D eigenvalue weighted by Crippen LogP contribution is -2.28. The number of halogens is 5. The first-order valence-corrected chi connectivity index (χ1v) is 6.73. The second-order valence-corrected chi connectivity index (χ2v) is 6.47. The van der Waals surface area contributed by atoms with Crippen molar-refractivity contribution < 1.29 is 0 Å². The molecular weight excluding hydrogens is 297 g/mol. The molecule has 0 amide bonds. The van der Waals surface area contributed by atoms with E-state index in [0.29, 0.717) is 15.1 Å². The molecule has 3 aliphatic carbocycles. The predicted molar refractivity (Wildman–Crippen MR) is 65.7 cm³/mol. The Morgan fingerprint density at radius 3 is 1.93 bits per heavy atom. The molecule has 0 aromatic heterocycles. The topological polar surface area (TPSA) is 0 Å². The van der Waals surface area contributed by atoms with Crippen molar-refractivity contribution >= 4 is 58.0 Å². The van der Waals surface area contributed by atoms with Gasteiger partial charge in [0.15, 0.2) is 0 Å². The predicted octanol–water partition coefficient (Wildman–Crippen LogP) is 4.87. The third kappa shape index (κ3) is 1.24. The Morgan fingerprint density at radius 1 is 0.800 bits per heavy atom. The van der Waals surface area contributed by atoms with Gasteiger partial charge in [0.25, 0.3) is 0 Å². The van der Waals surface area contributed by atoms with Gasteiger partial charge in [0.1, 0.15) is 0 Å². The molecule has 0 aliphatic heterocycles. The second-order valence-electron chi connectivity index (χ2n) is 4.34. The molecule has 1 fully saturated rings. The van der Waals surface area contributed by atoms with Gasteiger partial charge in [-0.05, 0) is 12.3 Å². The molecule has 3 rings (SSSR count). The maximum absolute atomic E-state index is 6.38. The molecule has 5 unspecified atom stereocenters. The summed E-state index contributed by atoms with van der Waals surface area (Å²) >= 11 is 31.2. The molecule has 0 saturated heterocycles. The zero-order valence-corrected chi connectivity index (χ0v) is 11.3. The average Bonchev–Trinajstić information content (AvgIpc) is 2.61. The first-order valence-electron chi connectivity index (χ1n) is 4.78. The molecular formula is C10H7Cl5. The van der Waals surface area contributed by atoms with E-state index >= 15 is 0 Å². The Morgan fingerprint density at radius 2 is 1.33 bits per heavy atom. The molecule has 82 valence electrons. The van der Waals surface area contributed by atoms with Crippen molar-refractivity contribution in [2.45, 2.75) is 11.8 Å². The van der Waals surface area contributed by atoms with E-state index in [1.54, 1.807) is 0 Å². The summed E-state index contributed by atoms with van der Waals surface area (Å²) in [5.41, 5.74) is 0. The molecule has 5 heteroatoms. The minimum Gasteiger partial charge on any atom is -0.122 e. The molecule has 2 bridgehead atoms. The highest BCUT2D eigenvalue weighted by Crippen LogP contribution is 2.65. The lowest BCUT2D eigenvalue weighted by molar-refractivity contribution is 0.411. The summed E-state index contributed by atoms with van der Waals surface area (Å²) < 4.78 is 0. The number of alkyl halides is 1. The summed E-state index contributed by atoms with van der Waals surface area (Å²) in [6.45, 7) is 0. The Labute approximate surface area is 113 Å². The van der Waals surface area contributed by atoms with Crippen LogP contribution in [0.5, 0.6) is 0 Å². The van der Waals surface area contributed by atoms with Crippen LogP contribution in [0.1, 0.15) is 6.42 Å². The third-order valence-corrected chi connectivity index (χ3v) is 6.40. The lowest BCUT2D eigenvalue weighted by atomic mass is 9.85. The van der Waals surface area contributed by atoms with Crippen LogP contribution >= 0.6 is 58.0 Å². The monoisotopic (exact) mass is 302 g/mol. The zero-order valence-electron chi connectivity index (χ0n) is 7.48. The molecule has 0 radical (unpaired) electrons. The van der Waals surface area contributed by atoms with E-state index in [2.05, 4.69) is 0 Å². The standard InChI is InChI=1S/C10H7Cl5/c11-6-3-1-2-4(6)5(9(14)7(2)12)10(15)8(3)13/h2-6H,1H2. The third-order valence-electron chi connectivity index (χ3n) is 3.76. The maximum atomic E-state index is 6.38. The van der Waals surface area contributed by atoms with Crippen molar-refractivity contribution in [3.63, 3.8) is 0 Å². The van der Waals surface area contributed by atoms with Crippen LogP contribution in [0.25, 0.3) is 0 Å². The Balaban J connectivity index is 2.20. The van der Waals surface area contributed by atoms with Gasteiger partial charge in [0.05, 0.1) is 0 Å². The van der Waals surface area contributed by atoms with Gasteiger partial charge in [0, 0.05) is 43.3 Å². The first kappa shape index (κ1) is 11.0. The average molecular weight is 304 g/mol. The quantitative estimate of drug-likeness (QED) is 0.560. The molecule has 3 aliphatic rings. The minimum absolute atomic E-state index is 0.0139. The highest BCUT2D eigenvalue weighted by Gasteiger charge is 2.58. The summed E-state index contributed by atoms with van der Waals surface area (Å²) in [5, 5.41) is 2.72. The van der Waals surface area contributed by atoms with Crippen molar-refractivity contribution in [1.82, 2.24) is 0 Å². The number of rotatable bonds is 0. The Hall–Kier alpha value is 0.930. The van der Waals surface area contributed by atoms with Crippen LogP contribution in [0.15, 0.2) is 20.1 Å². The van der Waals surface area contributed by atoms with Gasteiger partial charge < -0.3 is 0 Å². The van der Waals surface area contributed by atoms with E-state index in [1.807, 2.05) is 0 Å². The molecule has 0 heterocycles. The van der Waals surface area contributed by atoms with Crippen LogP contribution in [0.3, 0.4) is 0 Å². The first-order chi connectivity index (χ1) is 7.04. The van der Waals surface area contributed by atoms with Crippen molar-refractivity contribution in [3.05, 3.63) is 20.1 Å². The number of fused-ring (bicyclic) bond motifs is 1. The van der Waals surface area contributed by atoms with Crippen molar-refractivity contribution in [2.75, 3.05) is 0 Å². The van der Waals surface area contributed by atoms with Gasteiger partial charge in [-0.2, -0.15) is 0 Å². The van der Waals surface area contributed by atoms with Crippen LogP contribution in [0.4, 0.5) is 0 Å². The van der Waals surface area contributed by atoms with Gasteiger partial charge in [-0.1, -0.05) is 46.4 Å². The SMILES string of the molecule is ClC1=C(Cl)C2C(Cl)=C(Cl)C3CC1C(Cl)C32. The fraction of sp³-hybridized carbons (Fsp3) is 0.600. The molecule has 0 N–H and O–H groups in total. The summed E-state index contributed by atoms with van der Waals surface area (Å²) in [6, 6.07) is 0. The van der Waals surface area contributed by atoms with Crippen LogP contribution in [-0.2, 0) is 0 Å². The highest BCUT2D eigenvalue weighted by molar-refractivity contribution is 6.44. The summed E-state index contributed by atoms with van der Waals surface area (Å²) in [7, 11) is 0. The van der Waals surface area contributed by atoms with E-state index in [0.717, 1.165) is 11.5 Å². The fourth-order valence-corrected chi connectivity index (χ4v) is 5.24. The van der Waals surface area contributed by atoms with E-state index in [1.165, 1.54) is 0 Å². The van der Waals surface area contributed by atoms with Crippen molar-refractivity contribution in [1.29, 1.82) is 0 Å². The van der Waals surface area contributed by atoms with E-state index in [-0.39, 0.29) is 29.0 Å². The van der Waals surface area contributed by atoms with Crippen molar-refractivity contribution in [2.24, 2.45) is 23.7 Å². The summed E-state index contributed by atoms with van der Waals surface area (Å²) in [5.74, 6) is 0.596. The van der Waals surface area contributed by atoms with E-state index < -0.39 is 0 Å². The minimum atomic E-state index is -0.0559. The van der Waals surface area contributed by atoms with Gasteiger partial charge >= 0.3 is 0 Å². The van der Waals surface area contributed by atoms with Crippen molar-refractivity contribution in [3.8, 4) is 0 Å². The van der Waals surface area contributed by atoms with Gasteiger partial charge in [-0.25, -0.2) is 0 Å². The Bertz CT molecular complexity index is 397. The lowest BCUT2D eigenvalue weighted by Gasteiger charge is -2.30. The van der Waals surface area contributed by atoms with Crippen LogP contribution < -0.4 is 0 Å². The molecule has 0 spiro atoms. The molecule has 0 aromatic rings. The number of hydrogen-bond acceptors (Lipinski definition) is 0. The Kier molecular flexibility index (Phi) is 2.55. The zero-order chi connectivity index (χ0) is 10.9. The molecule has 1 saturated carbocycles. The molecule has 0 aromatic carbocycles. The number of allylic oxidation sites excluding steroid dienone is 4. The van der Waals surface area contributed by atoms with Crippen LogP contribution in [0.2, 0.25) is 0 Å². The van der Waals surface area contributed by atoms with Crippen LogP contribution in [0, 0.1) is 23.7 Å². The van der Waals surface area contributed by atoms with Gasteiger partial charge in [0.2, 0.25) is 0 Å². The number of hydrogen-bond donors (Lipinski definition) is 0. The normalized spacial score (nSPS) is 48.2. The summed E-state index contributed by atoms with van der Waals surface area (Å²) in [4.78, 5) is 0. The smallest absolute Gasteiger partial charge is 0.0457 e. The van der Waals surface area contributed by atoms with E-state index in [4.69, 9.17) is 58.0 Å². The maximum Gasteiger partial charge on any atom is 0.0457 e. The summed E-state index contributed by atoms with van der Waals surface area (Å²) in [6.07, 6.45) is 0.874. The van der Waals surface area contributed by atoms with Gasteiger partial charge in [-0.15, -0.1) is 11.6 Å². The van der Waals surface area contributed by atoms with Gasteiger partial charge in [-0.3, -0.25) is 0 Å². The second kappa shape index (κ2) is 3.46.